The molecule has 3 aromatic carbocycles. The van der Waals surface area contributed by atoms with Crippen molar-refractivity contribution in [1.29, 1.82) is 0 Å². The molecule has 1 atom stereocenters. The number of anilines is 1. The van der Waals surface area contributed by atoms with E-state index in [0.717, 1.165) is 22.4 Å². The molecule has 1 aliphatic carbocycles. The van der Waals surface area contributed by atoms with Gasteiger partial charge in [0.2, 0.25) is 0 Å². The summed E-state index contributed by atoms with van der Waals surface area (Å²) in [5.74, 6) is 1.54. The molecule has 5 rings (SSSR count). The van der Waals surface area contributed by atoms with Crippen LogP contribution in [0.3, 0.4) is 0 Å². The van der Waals surface area contributed by atoms with Crippen molar-refractivity contribution in [3.05, 3.63) is 100 Å². The summed E-state index contributed by atoms with van der Waals surface area (Å²) in [5.41, 5.74) is 7.80. The zero-order chi connectivity index (χ0) is 22.8. The van der Waals surface area contributed by atoms with Crippen molar-refractivity contribution in [1.82, 2.24) is 4.98 Å². The van der Waals surface area contributed by atoms with Gasteiger partial charge in [-0.25, -0.2) is 9.78 Å². The van der Waals surface area contributed by atoms with E-state index in [1.807, 2.05) is 30.3 Å². The number of benzene rings is 3. The molecule has 1 heterocycles. The molecular formula is C27H22ClN2NaO2S. The Morgan fingerprint density at radius 2 is 1.62 bits per heavy atom. The van der Waals surface area contributed by atoms with E-state index in [1.165, 1.54) is 35.3 Å². The summed E-state index contributed by atoms with van der Waals surface area (Å²) in [6.45, 7) is 1.79. The third-order valence-corrected chi connectivity index (χ3v) is 6.78. The van der Waals surface area contributed by atoms with E-state index in [0.29, 0.717) is 10.0 Å². The fourth-order valence-electron chi connectivity index (χ4n) is 3.76. The van der Waals surface area contributed by atoms with Crippen LogP contribution in [0.15, 0.2) is 78.3 Å². The molecule has 0 spiro atoms. The van der Waals surface area contributed by atoms with Crippen LogP contribution >= 0.6 is 22.9 Å². The number of rotatable bonds is 6. The minimum Gasteiger partial charge on any atom is -0.441 e. The van der Waals surface area contributed by atoms with Crippen LogP contribution in [0.25, 0.3) is 22.4 Å². The van der Waals surface area contributed by atoms with Crippen LogP contribution in [0.5, 0.6) is 0 Å². The molecule has 0 aliphatic heterocycles. The molecule has 1 saturated carbocycles. The molecule has 1 aliphatic rings. The predicted octanol–water partition coefficient (Wildman–Crippen LogP) is 5.16. The first-order valence-corrected chi connectivity index (χ1v) is 12.1. The van der Waals surface area contributed by atoms with Crippen molar-refractivity contribution in [2.75, 3.05) is 5.32 Å². The van der Waals surface area contributed by atoms with Crippen molar-refractivity contribution < 1.29 is 39.1 Å². The van der Waals surface area contributed by atoms with E-state index in [9.17, 15) is 4.79 Å². The van der Waals surface area contributed by atoms with Crippen molar-refractivity contribution in [2.45, 2.75) is 25.9 Å². The quantitative estimate of drug-likeness (QED) is 0.296. The van der Waals surface area contributed by atoms with Crippen LogP contribution in [0.1, 0.15) is 37.0 Å². The summed E-state index contributed by atoms with van der Waals surface area (Å²) in [4.78, 5) is 17.0. The maximum Gasteiger partial charge on any atom is 1.00 e. The molecular weight excluding hydrogens is 475 g/mol. The number of thiazole rings is 1. The summed E-state index contributed by atoms with van der Waals surface area (Å²) >= 11 is 7.57. The second-order valence-electron chi connectivity index (χ2n) is 7.98. The number of aromatic nitrogens is 1. The maximum absolute atomic E-state index is 12.5. The van der Waals surface area contributed by atoms with Crippen molar-refractivity contribution in [3.8, 4) is 22.4 Å². The molecule has 34 heavy (non-hydrogen) atoms. The average molecular weight is 497 g/mol. The summed E-state index contributed by atoms with van der Waals surface area (Å²) in [6.07, 6.45) is 1.44. The van der Waals surface area contributed by atoms with Crippen molar-refractivity contribution >= 4 is 34.0 Å². The van der Waals surface area contributed by atoms with Gasteiger partial charge in [-0.2, -0.15) is 23.6 Å². The largest absolute Gasteiger partial charge is 1.00 e. The normalized spacial score (nSPS) is 13.1. The number of ether oxygens (including phenoxy) is 1. The fourth-order valence-corrected chi connectivity index (χ4v) is 4.74. The zero-order valence-corrected chi connectivity index (χ0v) is 22.6. The Kier molecular flexibility index (Phi) is 8.02. The van der Waals surface area contributed by atoms with Gasteiger partial charge in [0.05, 0.1) is 5.51 Å². The van der Waals surface area contributed by atoms with Gasteiger partial charge >= 0.3 is 35.7 Å². The third kappa shape index (κ3) is 5.68. The number of carbonyl (C=O) groups excluding carboxylic acids is 1. The molecule has 166 valence electrons. The molecule has 1 fully saturated rings. The number of carbonyl (C=O) groups is 1. The average Bonchev–Trinajstić information content (AvgIpc) is 3.58. The molecule has 0 bridgehead atoms. The number of amides is 1. The predicted molar refractivity (Wildman–Crippen MR) is 135 cm³/mol. The van der Waals surface area contributed by atoms with Crippen LogP contribution in [-0.4, -0.2) is 11.1 Å². The Balaban J connectivity index is 0.00000274. The van der Waals surface area contributed by atoms with E-state index in [2.05, 4.69) is 46.7 Å². The van der Waals surface area contributed by atoms with Gasteiger partial charge < -0.3 is 4.74 Å². The minimum absolute atomic E-state index is 0. The number of nitrogens with zero attached hydrogens (tertiary/aromatic N) is 1. The Hall–Kier alpha value is -2.28. The van der Waals surface area contributed by atoms with E-state index < -0.39 is 12.2 Å². The van der Waals surface area contributed by atoms with E-state index in [4.69, 9.17) is 16.3 Å². The molecule has 0 saturated heterocycles. The molecule has 0 radical (unpaired) electrons. The Morgan fingerprint density at radius 1 is 1.00 bits per heavy atom. The molecule has 4 aromatic rings. The van der Waals surface area contributed by atoms with Gasteiger partial charge in [-0.1, -0.05) is 66.9 Å². The van der Waals surface area contributed by atoms with Crippen LogP contribution < -0.4 is 34.9 Å². The van der Waals surface area contributed by atoms with E-state index >= 15 is 0 Å². The van der Waals surface area contributed by atoms with Gasteiger partial charge in [0, 0.05) is 16.1 Å². The summed E-state index contributed by atoms with van der Waals surface area (Å²) in [6, 6.07) is 24.3. The standard InChI is InChI=1S/C27H22ClN2O2S.Na/c1-17(23-4-2-3-5-24(23)28)32-27(31)30-26-25(29-16-33-26)22-14-12-21(13-15-22)20-10-8-19(9-11-20)18-6-7-18;/h2-5,8-17H,6-7H2,1H3,(H,30,31);/q-1;+1/t17-;/m1./s1. The molecule has 1 amide bonds. The van der Waals surface area contributed by atoms with Crippen LogP contribution in [0.4, 0.5) is 9.80 Å². The van der Waals surface area contributed by atoms with Crippen LogP contribution in [-0.2, 0) is 4.74 Å². The second kappa shape index (κ2) is 11.0. The first-order chi connectivity index (χ1) is 16.1. The van der Waals surface area contributed by atoms with Gasteiger partial charge in [0.15, 0.2) is 0 Å². The third-order valence-electron chi connectivity index (χ3n) is 5.69. The van der Waals surface area contributed by atoms with E-state index in [1.54, 1.807) is 24.4 Å². The fraction of sp³-hybridized carbons (Fsp3) is 0.148. The minimum atomic E-state index is -0.543. The van der Waals surface area contributed by atoms with Gasteiger partial charge in [-0.3, -0.25) is 5.32 Å². The smallest absolute Gasteiger partial charge is 0.441 e. The van der Waals surface area contributed by atoms with Crippen molar-refractivity contribution in [3.63, 3.8) is 0 Å². The molecule has 7 heteroatoms. The van der Waals surface area contributed by atoms with E-state index in [-0.39, 0.29) is 29.6 Å². The molecule has 1 aromatic heterocycles. The molecule has 1 N–H and O–H groups in total. The Bertz CT molecular complexity index is 1270. The van der Waals surface area contributed by atoms with Gasteiger partial charge in [-0.05, 0) is 24.1 Å². The molecule has 0 unspecified atom stereocenters. The van der Waals surface area contributed by atoms with Crippen LogP contribution in [0, 0.1) is 5.92 Å². The maximum atomic E-state index is 12.5. The molecule has 4 nitrogen and oxygen atoms in total. The van der Waals surface area contributed by atoms with Crippen molar-refractivity contribution in [2.24, 2.45) is 0 Å². The van der Waals surface area contributed by atoms with Gasteiger partial charge in [0.25, 0.3) is 0 Å². The SMILES string of the molecule is C[C@@H](OC(=O)Nc1scnc1-c1ccc(-c2ccc([C-]3CC3)cc2)cc1)c1ccccc1Cl.[Na+]. The second-order valence-corrected chi connectivity index (χ2v) is 9.24. The zero-order valence-electron chi connectivity index (χ0n) is 19.0. The first kappa shape index (κ1) is 24.8. The number of halogens is 1. The van der Waals surface area contributed by atoms with Crippen LogP contribution in [0.2, 0.25) is 5.02 Å². The summed E-state index contributed by atoms with van der Waals surface area (Å²) in [7, 11) is 0. The monoisotopic (exact) mass is 496 g/mol. The summed E-state index contributed by atoms with van der Waals surface area (Å²) < 4.78 is 5.53. The van der Waals surface area contributed by atoms with Gasteiger partial charge in [0.1, 0.15) is 16.8 Å². The number of hydrogen-bond acceptors (Lipinski definition) is 4. The Labute approximate surface area is 230 Å². The summed E-state index contributed by atoms with van der Waals surface area (Å²) in [5, 5.41) is 4.04. The number of hydrogen-bond donors (Lipinski definition) is 1. The number of nitrogens with one attached hydrogen (secondary N) is 1. The first-order valence-electron chi connectivity index (χ1n) is 10.8. The van der Waals surface area contributed by atoms with Gasteiger partial charge in [-0.15, -0.1) is 23.5 Å². The topological polar surface area (TPSA) is 51.2 Å². The Morgan fingerprint density at radius 3 is 2.26 bits per heavy atom.